The first-order valence-corrected chi connectivity index (χ1v) is 9.04. The second-order valence-corrected chi connectivity index (χ2v) is 6.79. The molecule has 0 spiro atoms. The largest absolute Gasteiger partial charge is 0.465 e. The molecule has 0 bridgehead atoms. The van der Waals surface area contributed by atoms with E-state index in [2.05, 4.69) is 43.4 Å². The molecule has 1 fully saturated rings. The number of aryl methyl sites for hydroxylation is 1. The Morgan fingerprint density at radius 2 is 2.25 bits per heavy atom. The van der Waals surface area contributed by atoms with E-state index in [0.717, 1.165) is 30.7 Å². The summed E-state index contributed by atoms with van der Waals surface area (Å²) in [5.74, 6) is 3.35. The monoisotopic (exact) mass is 296 g/mol. The zero-order valence-electron chi connectivity index (χ0n) is 13.2. The highest BCUT2D eigenvalue weighted by Gasteiger charge is 2.21. The third-order valence-electron chi connectivity index (χ3n) is 4.09. The molecular formula is C16H28N2OS. The maximum atomic E-state index is 5.87. The fourth-order valence-electron chi connectivity index (χ4n) is 2.51. The van der Waals surface area contributed by atoms with Gasteiger partial charge >= 0.3 is 0 Å². The number of furan rings is 1. The van der Waals surface area contributed by atoms with E-state index in [1.165, 1.54) is 30.6 Å². The van der Waals surface area contributed by atoms with Crippen LogP contribution in [0, 0.1) is 6.92 Å². The van der Waals surface area contributed by atoms with Gasteiger partial charge in [0.25, 0.3) is 0 Å². The van der Waals surface area contributed by atoms with E-state index in [4.69, 9.17) is 4.42 Å². The van der Waals surface area contributed by atoms with Gasteiger partial charge < -0.3 is 9.73 Å². The quantitative estimate of drug-likeness (QED) is 0.756. The summed E-state index contributed by atoms with van der Waals surface area (Å²) in [5.41, 5.74) is 1.33. The third kappa shape index (κ3) is 4.54. The Labute approximate surface area is 127 Å². The van der Waals surface area contributed by atoms with Gasteiger partial charge in [-0.25, -0.2) is 0 Å². The lowest BCUT2D eigenvalue weighted by Gasteiger charge is -2.26. The number of hydrogen-bond acceptors (Lipinski definition) is 4. The molecule has 1 atom stereocenters. The molecule has 1 N–H and O–H groups in total. The van der Waals surface area contributed by atoms with Crippen LogP contribution in [0.1, 0.15) is 43.3 Å². The first-order chi connectivity index (χ1) is 9.63. The molecule has 4 heteroatoms. The number of hydrogen-bond donors (Lipinski definition) is 1. The molecule has 0 radical (unpaired) electrons. The minimum Gasteiger partial charge on any atom is -0.465 e. The Morgan fingerprint density at radius 1 is 1.50 bits per heavy atom. The van der Waals surface area contributed by atoms with E-state index < -0.39 is 0 Å². The number of nitrogens with zero attached hydrogens (tertiary/aromatic N) is 1. The summed E-state index contributed by atoms with van der Waals surface area (Å²) in [6.45, 7) is 6.21. The normalized spacial score (nSPS) is 16.9. The van der Waals surface area contributed by atoms with Gasteiger partial charge in [0.15, 0.2) is 0 Å². The molecule has 0 amide bonds. The molecule has 0 saturated heterocycles. The molecule has 1 heterocycles. The van der Waals surface area contributed by atoms with Crippen molar-refractivity contribution in [2.75, 3.05) is 19.1 Å². The van der Waals surface area contributed by atoms with Gasteiger partial charge in [-0.05, 0) is 45.6 Å². The van der Waals surface area contributed by atoms with Gasteiger partial charge in [0.1, 0.15) is 11.5 Å². The molecule has 1 aromatic heterocycles. The Morgan fingerprint density at radius 3 is 2.85 bits per heavy atom. The van der Waals surface area contributed by atoms with Gasteiger partial charge in [0.05, 0.1) is 6.54 Å². The third-order valence-corrected chi connectivity index (χ3v) is 4.81. The average molecular weight is 296 g/mol. The van der Waals surface area contributed by atoms with Crippen molar-refractivity contribution in [3.63, 3.8) is 0 Å². The van der Waals surface area contributed by atoms with Crippen LogP contribution < -0.4 is 5.32 Å². The predicted octanol–water partition coefficient (Wildman–Crippen LogP) is 3.41. The van der Waals surface area contributed by atoms with E-state index in [-0.39, 0.29) is 0 Å². The smallest absolute Gasteiger partial charge is 0.118 e. The first kappa shape index (κ1) is 15.9. The highest BCUT2D eigenvalue weighted by atomic mass is 32.2. The molecule has 1 saturated carbocycles. The molecule has 1 aliphatic carbocycles. The maximum Gasteiger partial charge on any atom is 0.118 e. The summed E-state index contributed by atoms with van der Waals surface area (Å²) < 4.78 is 5.87. The Bertz CT molecular complexity index is 415. The van der Waals surface area contributed by atoms with Crippen molar-refractivity contribution in [2.24, 2.45) is 0 Å². The second kappa shape index (κ2) is 7.53. The lowest BCUT2D eigenvalue weighted by Crippen LogP contribution is -2.32. The Kier molecular flexibility index (Phi) is 6.00. The molecule has 2 rings (SSSR count). The fraction of sp³-hybridized carbons (Fsp3) is 0.750. The predicted molar refractivity (Wildman–Crippen MR) is 87.2 cm³/mol. The lowest BCUT2D eigenvalue weighted by atomic mass is 10.2. The summed E-state index contributed by atoms with van der Waals surface area (Å²) in [4.78, 5) is 2.45. The van der Waals surface area contributed by atoms with Crippen molar-refractivity contribution in [1.29, 1.82) is 0 Å². The molecule has 0 aromatic carbocycles. The van der Waals surface area contributed by atoms with Gasteiger partial charge in [0, 0.05) is 29.9 Å². The van der Waals surface area contributed by atoms with Crippen LogP contribution in [0.3, 0.4) is 0 Å². The summed E-state index contributed by atoms with van der Waals surface area (Å²) in [6.07, 6.45) is 6.02. The Hall–Kier alpha value is -0.450. The van der Waals surface area contributed by atoms with Gasteiger partial charge in [-0.2, -0.15) is 11.8 Å². The number of rotatable bonds is 9. The van der Waals surface area contributed by atoms with Crippen LogP contribution in [0.25, 0.3) is 0 Å². The number of thioether (sulfide) groups is 1. The fourth-order valence-corrected chi connectivity index (χ4v) is 3.39. The van der Waals surface area contributed by atoms with E-state index in [0.29, 0.717) is 6.04 Å². The minimum atomic E-state index is 0.646. The van der Waals surface area contributed by atoms with Crippen LogP contribution >= 0.6 is 11.8 Å². The highest BCUT2D eigenvalue weighted by Crippen LogP contribution is 2.22. The van der Waals surface area contributed by atoms with Gasteiger partial charge in [0.2, 0.25) is 0 Å². The molecule has 3 nitrogen and oxygen atoms in total. The zero-order chi connectivity index (χ0) is 14.5. The maximum absolute atomic E-state index is 5.87. The van der Waals surface area contributed by atoms with Crippen LogP contribution in [0.4, 0.5) is 0 Å². The van der Waals surface area contributed by atoms with Gasteiger partial charge in [-0.3, -0.25) is 4.90 Å². The van der Waals surface area contributed by atoms with Crippen LogP contribution in [-0.2, 0) is 13.1 Å². The minimum absolute atomic E-state index is 0.646. The first-order valence-electron chi connectivity index (χ1n) is 7.64. The van der Waals surface area contributed by atoms with E-state index >= 15 is 0 Å². The molecule has 1 unspecified atom stereocenters. The van der Waals surface area contributed by atoms with Gasteiger partial charge in [-0.1, -0.05) is 6.92 Å². The van der Waals surface area contributed by atoms with Gasteiger partial charge in [-0.15, -0.1) is 0 Å². The molecule has 0 aliphatic heterocycles. The topological polar surface area (TPSA) is 28.4 Å². The van der Waals surface area contributed by atoms with E-state index in [9.17, 15) is 0 Å². The summed E-state index contributed by atoms with van der Waals surface area (Å²) in [5, 5.41) is 3.51. The summed E-state index contributed by atoms with van der Waals surface area (Å²) in [6, 6.07) is 3.61. The van der Waals surface area contributed by atoms with E-state index in [1.54, 1.807) is 0 Å². The van der Waals surface area contributed by atoms with Crippen molar-refractivity contribution in [2.45, 2.75) is 58.3 Å². The van der Waals surface area contributed by atoms with Crippen molar-refractivity contribution in [3.8, 4) is 0 Å². The van der Waals surface area contributed by atoms with Crippen LogP contribution in [0.2, 0.25) is 0 Å². The van der Waals surface area contributed by atoms with Crippen molar-refractivity contribution < 1.29 is 4.42 Å². The van der Waals surface area contributed by atoms with E-state index in [1.807, 2.05) is 11.8 Å². The Balaban J connectivity index is 1.90. The van der Waals surface area contributed by atoms with Crippen LogP contribution in [-0.4, -0.2) is 36.0 Å². The number of nitrogens with one attached hydrogen (secondary N) is 1. The standard InChI is InChI=1S/C16H28N2OS/c1-5-15(11-20-4)18(3)10-13-8-16(19-12(13)2)9-17-14-6-7-14/h8,14-15,17H,5-7,9-11H2,1-4H3. The molecule has 114 valence electrons. The zero-order valence-corrected chi connectivity index (χ0v) is 14.1. The van der Waals surface area contributed by atoms with Crippen molar-refractivity contribution in [3.05, 3.63) is 23.2 Å². The lowest BCUT2D eigenvalue weighted by molar-refractivity contribution is 0.246. The highest BCUT2D eigenvalue weighted by molar-refractivity contribution is 7.98. The molecular weight excluding hydrogens is 268 g/mol. The SMILES string of the molecule is CCC(CSC)N(C)Cc1cc(CNC2CC2)oc1C. The molecule has 1 aliphatic rings. The molecule has 1 aromatic rings. The summed E-state index contributed by atoms with van der Waals surface area (Å²) >= 11 is 1.93. The molecule has 20 heavy (non-hydrogen) atoms. The second-order valence-electron chi connectivity index (χ2n) is 5.88. The average Bonchev–Trinajstić information content (AvgIpc) is 3.19. The van der Waals surface area contributed by atoms with Crippen LogP contribution in [0.15, 0.2) is 10.5 Å². The van der Waals surface area contributed by atoms with Crippen LogP contribution in [0.5, 0.6) is 0 Å². The van der Waals surface area contributed by atoms with Crippen molar-refractivity contribution >= 4 is 11.8 Å². The summed E-state index contributed by atoms with van der Waals surface area (Å²) in [7, 11) is 2.22. The van der Waals surface area contributed by atoms with Crippen molar-refractivity contribution in [1.82, 2.24) is 10.2 Å².